The van der Waals surface area contributed by atoms with Crippen molar-refractivity contribution >= 4 is 22.3 Å². The third-order valence-corrected chi connectivity index (χ3v) is 3.86. The Hall–Kier alpha value is -1.77. The minimum Gasteiger partial charge on any atom is -0.399 e. The second-order valence-electron chi connectivity index (χ2n) is 5.15. The molecule has 18 heavy (non-hydrogen) atoms. The van der Waals surface area contributed by atoms with Gasteiger partial charge in [-0.1, -0.05) is 19.3 Å². The number of hydrogen-bond acceptors (Lipinski definition) is 3. The quantitative estimate of drug-likeness (QED) is 0.806. The van der Waals surface area contributed by atoms with Crippen LogP contribution >= 0.6 is 0 Å². The first-order chi connectivity index (χ1) is 8.83. The SMILES string of the molecule is Nc1ccc2c(NCCC3CCC3)ccnc2c1. The second-order valence-corrected chi connectivity index (χ2v) is 5.15. The number of rotatable bonds is 4. The Labute approximate surface area is 107 Å². The van der Waals surface area contributed by atoms with Gasteiger partial charge in [-0.2, -0.15) is 0 Å². The van der Waals surface area contributed by atoms with Crippen LogP contribution in [0.5, 0.6) is 0 Å². The predicted molar refractivity (Wildman–Crippen MR) is 76.6 cm³/mol. The molecule has 0 radical (unpaired) electrons. The highest BCUT2D eigenvalue weighted by atomic mass is 14.9. The number of hydrogen-bond donors (Lipinski definition) is 2. The molecule has 3 N–H and O–H groups in total. The number of nitrogens with two attached hydrogens (primary N) is 1. The smallest absolute Gasteiger partial charge is 0.0743 e. The molecule has 0 saturated heterocycles. The monoisotopic (exact) mass is 241 g/mol. The number of nitrogen functional groups attached to an aromatic ring is 1. The zero-order valence-corrected chi connectivity index (χ0v) is 10.5. The maximum absolute atomic E-state index is 5.78. The lowest BCUT2D eigenvalue weighted by atomic mass is 9.83. The fourth-order valence-corrected chi connectivity index (χ4v) is 2.51. The summed E-state index contributed by atoms with van der Waals surface area (Å²) in [6.45, 7) is 1.05. The van der Waals surface area contributed by atoms with Crippen LogP contribution in [0.25, 0.3) is 10.9 Å². The zero-order valence-electron chi connectivity index (χ0n) is 10.5. The third-order valence-electron chi connectivity index (χ3n) is 3.86. The predicted octanol–water partition coefficient (Wildman–Crippen LogP) is 3.42. The lowest BCUT2D eigenvalue weighted by Crippen LogP contribution is -2.15. The molecule has 1 heterocycles. The molecule has 0 spiro atoms. The van der Waals surface area contributed by atoms with E-state index in [1.807, 2.05) is 30.5 Å². The molecule has 1 aliphatic rings. The van der Waals surface area contributed by atoms with Gasteiger partial charge in [0.2, 0.25) is 0 Å². The van der Waals surface area contributed by atoms with Crippen molar-refractivity contribution in [1.29, 1.82) is 0 Å². The third kappa shape index (κ3) is 2.26. The van der Waals surface area contributed by atoms with Crippen molar-refractivity contribution in [2.45, 2.75) is 25.7 Å². The van der Waals surface area contributed by atoms with Gasteiger partial charge in [-0.3, -0.25) is 4.98 Å². The number of fused-ring (bicyclic) bond motifs is 1. The van der Waals surface area contributed by atoms with Crippen LogP contribution in [0.4, 0.5) is 11.4 Å². The molecule has 2 aromatic rings. The molecule has 3 nitrogen and oxygen atoms in total. The molecule has 1 aromatic heterocycles. The summed E-state index contributed by atoms with van der Waals surface area (Å²) >= 11 is 0. The van der Waals surface area contributed by atoms with Gasteiger partial charge in [0, 0.05) is 29.5 Å². The van der Waals surface area contributed by atoms with Crippen molar-refractivity contribution in [2.24, 2.45) is 5.92 Å². The minimum atomic E-state index is 0.765. The summed E-state index contributed by atoms with van der Waals surface area (Å²) in [5.74, 6) is 0.946. The summed E-state index contributed by atoms with van der Waals surface area (Å²) < 4.78 is 0. The van der Waals surface area contributed by atoms with E-state index in [4.69, 9.17) is 5.73 Å². The zero-order chi connectivity index (χ0) is 12.4. The summed E-state index contributed by atoms with van der Waals surface area (Å²) in [5.41, 5.74) is 8.67. The van der Waals surface area contributed by atoms with Gasteiger partial charge in [0.05, 0.1) is 5.52 Å². The number of nitrogens with zero attached hydrogens (tertiary/aromatic N) is 1. The highest BCUT2D eigenvalue weighted by Crippen LogP contribution is 2.29. The Balaban J connectivity index is 1.74. The minimum absolute atomic E-state index is 0.765. The van der Waals surface area contributed by atoms with E-state index < -0.39 is 0 Å². The van der Waals surface area contributed by atoms with Crippen molar-refractivity contribution < 1.29 is 0 Å². The number of benzene rings is 1. The Morgan fingerprint density at radius 1 is 1.28 bits per heavy atom. The van der Waals surface area contributed by atoms with Crippen LogP contribution in [0.1, 0.15) is 25.7 Å². The fourth-order valence-electron chi connectivity index (χ4n) is 2.51. The molecule has 1 saturated carbocycles. The van der Waals surface area contributed by atoms with Gasteiger partial charge in [0.15, 0.2) is 0 Å². The van der Waals surface area contributed by atoms with Gasteiger partial charge in [0.1, 0.15) is 0 Å². The van der Waals surface area contributed by atoms with Crippen LogP contribution in [0.15, 0.2) is 30.5 Å². The topological polar surface area (TPSA) is 50.9 Å². The number of nitrogens with one attached hydrogen (secondary N) is 1. The standard InChI is InChI=1S/C15H19N3/c16-12-4-5-13-14(7-9-18-15(13)10-12)17-8-6-11-2-1-3-11/h4-5,7,9-11H,1-3,6,8,16H2,(H,17,18). The number of anilines is 2. The molecular formula is C15H19N3. The Morgan fingerprint density at radius 3 is 2.94 bits per heavy atom. The normalized spacial score (nSPS) is 15.6. The maximum Gasteiger partial charge on any atom is 0.0743 e. The van der Waals surface area contributed by atoms with Gasteiger partial charge in [-0.15, -0.1) is 0 Å². The van der Waals surface area contributed by atoms with Crippen molar-refractivity contribution in [1.82, 2.24) is 4.98 Å². The largest absolute Gasteiger partial charge is 0.399 e. The molecule has 94 valence electrons. The van der Waals surface area contributed by atoms with E-state index >= 15 is 0 Å². The lowest BCUT2D eigenvalue weighted by Gasteiger charge is -2.25. The number of aromatic nitrogens is 1. The van der Waals surface area contributed by atoms with Crippen molar-refractivity contribution in [3.8, 4) is 0 Å². The molecule has 1 aliphatic carbocycles. The van der Waals surface area contributed by atoms with E-state index in [2.05, 4.69) is 10.3 Å². The summed E-state index contributed by atoms with van der Waals surface area (Å²) in [4.78, 5) is 4.35. The van der Waals surface area contributed by atoms with E-state index in [0.717, 1.165) is 29.1 Å². The first-order valence-electron chi connectivity index (χ1n) is 6.71. The Bertz CT molecular complexity index is 546. The van der Waals surface area contributed by atoms with Gasteiger partial charge in [-0.25, -0.2) is 0 Å². The maximum atomic E-state index is 5.78. The molecular weight excluding hydrogens is 222 g/mol. The highest BCUT2D eigenvalue weighted by Gasteiger charge is 2.16. The van der Waals surface area contributed by atoms with Crippen LogP contribution in [0.2, 0.25) is 0 Å². The average molecular weight is 241 g/mol. The van der Waals surface area contributed by atoms with E-state index in [1.165, 1.54) is 31.4 Å². The van der Waals surface area contributed by atoms with E-state index in [1.54, 1.807) is 0 Å². The first-order valence-corrected chi connectivity index (χ1v) is 6.71. The van der Waals surface area contributed by atoms with Gasteiger partial charge in [-0.05, 0) is 36.6 Å². The average Bonchev–Trinajstić information content (AvgIpc) is 2.32. The van der Waals surface area contributed by atoms with E-state index in [0.29, 0.717) is 0 Å². The molecule has 0 bridgehead atoms. The van der Waals surface area contributed by atoms with Crippen molar-refractivity contribution in [3.63, 3.8) is 0 Å². The molecule has 3 rings (SSSR count). The highest BCUT2D eigenvalue weighted by molar-refractivity contribution is 5.92. The molecule has 1 aromatic carbocycles. The van der Waals surface area contributed by atoms with Crippen LogP contribution < -0.4 is 11.1 Å². The fraction of sp³-hybridized carbons (Fsp3) is 0.400. The van der Waals surface area contributed by atoms with E-state index in [-0.39, 0.29) is 0 Å². The summed E-state index contributed by atoms with van der Waals surface area (Å²) in [7, 11) is 0. The Morgan fingerprint density at radius 2 is 2.17 bits per heavy atom. The van der Waals surface area contributed by atoms with Crippen molar-refractivity contribution in [3.05, 3.63) is 30.5 Å². The molecule has 3 heteroatoms. The molecule has 1 fully saturated rings. The summed E-state index contributed by atoms with van der Waals surface area (Å²) in [5, 5.41) is 4.68. The van der Waals surface area contributed by atoms with Gasteiger partial charge in [0.25, 0.3) is 0 Å². The van der Waals surface area contributed by atoms with Crippen LogP contribution in [-0.2, 0) is 0 Å². The van der Waals surface area contributed by atoms with E-state index in [9.17, 15) is 0 Å². The van der Waals surface area contributed by atoms with Crippen molar-refractivity contribution in [2.75, 3.05) is 17.6 Å². The van der Waals surface area contributed by atoms with Crippen LogP contribution in [-0.4, -0.2) is 11.5 Å². The Kier molecular flexibility index (Phi) is 3.05. The molecule has 0 aliphatic heterocycles. The second kappa shape index (κ2) is 4.84. The summed E-state index contributed by atoms with van der Waals surface area (Å²) in [6.07, 6.45) is 7.36. The van der Waals surface area contributed by atoms with Gasteiger partial charge < -0.3 is 11.1 Å². The van der Waals surface area contributed by atoms with Gasteiger partial charge >= 0.3 is 0 Å². The molecule has 0 unspecified atom stereocenters. The van der Waals surface area contributed by atoms with Crippen LogP contribution in [0.3, 0.4) is 0 Å². The summed E-state index contributed by atoms with van der Waals surface area (Å²) in [6, 6.07) is 7.94. The lowest BCUT2D eigenvalue weighted by molar-refractivity contribution is 0.303. The van der Waals surface area contributed by atoms with Crippen LogP contribution in [0, 0.1) is 5.92 Å². The molecule has 0 atom stereocenters. The molecule has 0 amide bonds. The number of pyridine rings is 1. The first kappa shape index (κ1) is 11.3.